The minimum Gasteiger partial charge on any atom is -0.422 e. The number of carbonyl (C=O) groups is 1. The highest BCUT2D eigenvalue weighted by atomic mass is 16.4. The second kappa shape index (κ2) is 6.71. The quantitative estimate of drug-likeness (QED) is 0.722. The predicted octanol–water partition coefficient (Wildman–Crippen LogP) is 4.44. The van der Waals surface area contributed by atoms with Gasteiger partial charge in [-0.15, -0.1) is 0 Å². The van der Waals surface area contributed by atoms with Crippen LogP contribution in [0, 0.1) is 5.92 Å². The third kappa shape index (κ3) is 3.54. The van der Waals surface area contributed by atoms with Crippen LogP contribution in [0.1, 0.15) is 20.3 Å². The number of nitrogens with one attached hydrogen (secondary N) is 1. The van der Waals surface area contributed by atoms with Gasteiger partial charge in [-0.3, -0.25) is 4.79 Å². The summed E-state index contributed by atoms with van der Waals surface area (Å²) < 4.78 is 5.38. The van der Waals surface area contributed by atoms with Crippen LogP contribution in [-0.4, -0.2) is 5.91 Å². The molecule has 2 aromatic carbocycles. The highest BCUT2D eigenvalue weighted by Crippen LogP contribution is 2.23. The third-order valence-electron chi connectivity index (χ3n) is 3.69. The molecule has 0 aliphatic rings. The zero-order valence-electron chi connectivity index (χ0n) is 13.7. The second-order valence-electron chi connectivity index (χ2n) is 6.21. The summed E-state index contributed by atoms with van der Waals surface area (Å²) in [6.45, 7) is 3.99. The molecule has 3 aromatic rings. The van der Waals surface area contributed by atoms with Gasteiger partial charge in [-0.25, -0.2) is 4.79 Å². The van der Waals surface area contributed by atoms with Gasteiger partial charge < -0.3 is 9.73 Å². The normalized spacial score (nSPS) is 11.0. The summed E-state index contributed by atoms with van der Waals surface area (Å²) in [6.07, 6.45) is 0.461. The Morgan fingerprint density at radius 1 is 1.08 bits per heavy atom. The topological polar surface area (TPSA) is 59.3 Å². The molecular weight excluding hydrogens is 302 g/mol. The van der Waals surface area contributed by atoms with Crippen molar-refractivity contribution in [3.8, 4) is 11.1 Å². The van der Waals surface area contributed by atoms with Crippen molar-refractivity contribution >= 4 is 22.6 Å². The molecule has 0 bridgehead atoms. The molecular formula is C20H19NO3. The average molecular weight is 321 g/mol. The fourth-order valence-electron chi connectivity index (χ4n) is 2.61. The third-order valence-corrected chi connectivity index (χ3v) is 3.69. The summed E-state index contributed by atoms with van der Waals surface area (Å²) in [5.41, 5.74) is 2.04. The van der Waals surface area contributed by atoms with E-state index in [-0.39, 0.29) is 11.5 Å². The van der Waals surface area contributed by atoms with E-state index in [9.17, 15) is 9.59 Å². The first kappa shape index (κ1) is 16.0. The lowest BCUT2D eigenvalue weighted by Gasteiger charge is -2.09. The average Bonchev–Trinajstić information content (AvgIpc) is 2.53. The first-order valence-corrected chi connectivity index (χ1v) is 7.96. The Morgan fingerprint density at radius 2 is 1.88 bits per heavy atom. The van der Waals surface area contributed by atoms with Crippen molar-refractivity contribution in [2.75, 3.05) is 5.32 Å². The Bertz CT molecular complexity index is 941. The first-order valence-electron chi connectivity index (χ1n) is 7.96. The molecule has 0 unspecified atom stereocenters. The molecule has 24 heavy (non-hydrogen) atoms. The van der Waals surface area contributed by atoms with Crippen LogP contribution >= 0.6 is 0 Å². The Hall–Kier alpha value is -2.88. The van der Waals surface area contributed by atoms with Gasteiger partial charge in [0.25, 0.3) is 0 Å². The maximum Gasteiger partial charge on any atom is 0.344 e. The Balaban J connectivity index is 1.95. The lowest BCUT2D eigenvalue weighted by molar-refractivity contribution is -0.116. The van der Waals surface area contributed by atoms with Crippen LogP contribution in [0.4, 0.5) is 5.69 Å². The lowest BCUT2D eigenvalue weighted by atomic mass is 10.0. The first-order chi connectivity index (χ1) is 11.5. The molecule has 3 rings (SSSR count). The molecule has 0 aliphatic heterocycles. The van der Waals surface area contributed by atoms with Crippen LogP contribution in [-0.2, 0) is 4.79 Å². The van der Waals surface area contributed by atoms with Crippen LogP contribution in [0.2, 0.25) is 0 Å². The summed E-state index contributed by atoms with van der Waals surface area (Å²) >= 11 is 0. The maximum absolute atomic E-state index is 12.3. The van der Waals surface area contributed by atoms with Gasteiger partial charge in [-0.2, -0.15) is 0 Å². The molecule has 0 aliphatic carbocycles. The van der Waals surface area contributed by atoms with Gasteiger partial charge in [0, 0.05) is 17.5 Å². The van der Waals surface area contributed by atoms with Gasteiger partial charge >= 0.3 is 5.63 Å². The molecule has 0 saturated carbocycles. The van der Waals surface area contributed by atoms with Crippen molar-refractivity contribution in [3.05, 3.63) is 65.0 Å². The number of amides is 1. The standard InChI is InChI=1S/C20H19NO3/c1-13(2)10-19(22)21-16-8-5-7-14(11-16)17-12-15-6-3-4-9-18(15)24-20(17)23/h3-9,11-13H,10H2,1-2H3,(H,21,22). The minimum absolute atomic E-state index is 0.0345. The molecule has 0 spiro atoms. The van der Waals surface area contributed by atoms with Crippen LogP contribution < -0.4 is 10.9 Å². The van der Waals surface area contributed by atoms with E-state index in [1.165, 1.54) is 0 Å². The molecule has 4 heteroatoms. The zero-order chi connectivity index (χ0) is 17.1. The number of hydrogen-bond donors (Lipinski definition) is 1. The monoisotopic (exact) mass is 321 g/mol. The Morgan fingerprint density at radius 3 is 2.67 bits per heavy atom. The van der Waals surface area contributed by atoms with Crippen molar-refractivity contribution in [1.29, 1.82) is 0 Å². The van der Waals surface area contributed by atoms with Gasteiger partial charge in [-0.1, -0.05) is 44.2 Å². The minimum atomic E-state index is -0.389. The van der Waals surface area contributed by atoms with E-state index in [1.807, 2.05) is 56.3 Å². The van der Waals surface area contributed by atoms with Gasteiger partial charge in [0.2, 0.25) is 5.91 Å². The van der Waals surface area contributed by atoms with E-state index in [0.29, 0.717) is 29.2 Å². The highest BCUT2D eigenvalue weighted by molar-refractivity contribution is 5.91. The lowest BCUT2D eigenvalue weighted by Crippen LogP contribution is -2.13. The number of hydrogen-bond acceptors (Lipinski definition) is 3. The van der Waals surface area contributed by atoms with Crippen LogP contribution in [0.3, 0.4) is 0 Å². The summed E-state index contributed by atoms with van der Waals surface area (Å²) in [5, 5.41) is 3.73. The molecule has 1 heterocycles. The fourth-order valence-corrected chi connectivity index (χ4v) is 2.61. The molecule has 0 saturated heterocycles. The number of fused-ring (bicyclic) bond motifs is 1. The Labute approximate surface area is 140 Å². The van der Waals surface area contributed by atoms with Crippen molar-refractivity contribution < 1.29 is 9.21 Å². The SMILES string of the molecule is CC(C)CC(=O)Nc1cccc(-c2cc3ccccc3oc2=O)c1. The van der Waals surface area contributed by atoms with Crippen LogP contribution in [0.5, 0.6) is 0 Å². The number of rotatable bonds is 4. The second-order valence-corrected chi connectivity index (χ2v) is 6.21. The maximum atomic E-state index is 12.3. The van der Waals surface area contributed by atoms with E-state index >= 15 is 0 Å². The van der Waals surface area contributed by atoms with Gasteiger partial charge in [-0.05, 0) is 35.7 Å². The van der Waals surface area contributed by atoms with Gasteiger partial charge in [0.15, 0.2) is 0 Å². The number of anilines is 1. The van der Waals surface area contributed by atoms with E-state index in [0.717, 1.165) is 10.9 Å². The fraction of sp³-hybridized carbons (Fsp3) is 0.200. The molecule has 1 amide bonds. The number of benzene rings is 2. The molecule has 4 nitrogen and oxygen atoms in total. The van der Waals surface area contributed by atoms with E-state index < -0.39 is 0 Å². The molecule has 0 atom stereocenters. The summed E-state index contributed by atoms with van der Waals surface area (Å²) in [6, 6.07) is 16.5. The summed E-state index contributed by atoms with van der Waals surface area (Å²) in [5.74, 6) is 0.258. The van der Waals surface area contributed by atoms with E-state index in [2.05, 4.69) is 5.32 Å². The van der Waals surface area contributed by atoms with Crippen molar-refractivity contribution in [1.82, 2.24) is 0 Å². The summed E-state index contributed by atoms with van der Waals surface area (Å²) in [4.78, 5) is 24.2. The molecule has 0 fully saturated rings. The van der Waals surface area contributed by atoms with Crippen molar-refractivity contribution in [2.45, 2.75) is 20.3 Å². The molecule has 1 aromatic heterocycles. The zero-order valence-corrected chi connectivity index (χ0v) is 13.7. The summed E-state index contributed by atoms with van der Waals surface area (Å²) in [7, 11) is 0. The number of carbonyl (C=O) groups excluding carboxylic acids is 1. The van der Waals surface area contributed by atoms with Crippen molar-refractivity contribution in [3.63, 3.8) is 0 Å². The van der Waals surface area contributed by atoms with E-state index in [1.54, 1.807) is 12.1 Å². The van der Waals surface area contributed by atoms with E-state index in [4.69, 9.17) is 4.42 Å². The van der Waals surface area contributed by atoms with Gasteiger partial charge in [0.05, 0.1) is 5.56 Å². The van der Waals surface area contributed by atoms with Crippen LogP contribution in [0.15, 0.2) is 63.8 Å². The molecule has 0 radical (unpaired) electrons. The smallest absolute Gasteiger partial charge is 0.344 e. The van der Waals surface area contributed by atoms with Crippen molar-refractivity contribution in [2.24, 2.45) is 5.92 Å². The van der Waals surface area contributed by atoms with Crippen LogP contribution in [0.25, 0.3) is 22.1 Å². The largest absolute Gasteiger partial charge is 0.422 e. The highest BCUT2D eigenvalue weighted by Gasteiger charge is 2.10. The molecule has 122 valence electrons. The van der Waals surface area contributed by atoms with Gasteiger partial charge in [0.1, 0.15) is 5.58 Å². The molecule has 1 N–H and O–H groups in total. The number of para-hydroxylation sites is 1. The predicted molar refractivity (Wildman–Crippen MR) is 96.0 cm³/mol. The Kier molecular flexibility index (Phi) is 4.47.